The molecule has 1 fully saturated rings. The van der Waals surface area contributed by atoms with Crippen molar-refractivity contribution in [2.24, 2.45) is 0 Å². The Labute approximate surface area is 64.1 Å². The van der Waals surface area contributed by atoms with Gasteiger partial charge in [0.1, 0.15) is 0 Å². The van der Waals surface area contributed by atoms with Crippen LogP contribution >= 0.6 is 11.8 Å². The predicted molar refractivity (Wildman–Crippen MR) is 38.0 cm³/mol. The third kappa shape index (κ3) is 2.19. The Morgan fingerprint density at radius 1 is 1.90 bits per heavy atom. The van der Waals surface area contributed by atoms with E-state index in [-0.39, 0.29) is 11.4 Å². The van der Waals surface area contributed by atoms with Crippen LogP contribution in [-0.4, -0.2) is 18.0 Å². The molecule has 0 aromatic rings. The molecule has 3 nitrogen and oxygen atoms in total. The summed E-state index contributed by atoms with van der Waals surface area (Å²) < 4.78 is 9.93. The van der Waals surface area contributed by atoms with Crippen LogP contribution in [0.5, 0.6) is 0 Å². The third-order valence-electron chi connectivity index (χ3n) is 1.02. The van der Waals surface area contributed by atoms with Crippen molar-refractivity contribution < 1.29 is 14.3 Å². The van der Waals surface area contributed by atoms with Gasteiger partial charge in [-0.05, 0) is 6.92 Å². The van der Waals surface area contributed by atoms with Crippen molar-refractivity contribution in [3.05, 3.63) is 5.44 Å². The van der Waals surface area contributed by atoms with Gasteiger partial charge < -0.3 is 9.47 Å². The van der Waals surface area contributed by atoms with E-state index in [0.717, 1.165) is 5.44 Å². The molecule has 1 saturated heterocycles. The van der Waals surface area contributed by atoms with Crippen LogP contribution in [0.15, 0.2) is 0 Å². The average molecular weight is 161 g/mol. The zero-order chi connectivity index (χ0) is 7.56. The highest BCUT2D eigenvalue weighted by atomic mass is 32.2. The van der Waals surface area contributed by atoms with Gasteiger partial charge in [-0.3, -0.25) is 4.79 Å². The molecule has 1 unspecified atom stereocenters. The molecular weight excluding hydrogens is 152 g/mol. The summed E-state index contributed by atoms with van der Waals surface area (Å²) in [5, 5.41) is 0. The van der Waals surface area contributed by atoms with Gasteiger partial charge in [0.15, 0.2) is 10.9 Å². The normalized spacial score (nSPS) is 26.8. The summed E-state index contributed by atoms with van der Waals surface area (Å²) >= 11 is 1.45. The fourth-order valence-corrected chi connectivity index (χ4v) is 1.51. The predicted octanol–water partition coefficient (Wildman–Crippen LogP) is 1.15. The van der Waals surface area contributed by atoms with E-state index in [1.807, 2.05) is 6.92 Å². The van der Waals surface area contributed by atoms with Crippen molar-refractivity contribution in [3.8, 4) is 0 Å². The summed E-state index contributed by atoms with van der Waals surface area (Å²) in [7, 11) is 0. The van der Waals surface area contributed by atoms with E-state index in [0.29, 0.717) is 6.61 Å². The number of esters is 1. The highest BCUT2D eigenvalue weighted by molar-refractivity contribution is 8.02. The standard InChI is InChI=1S/C6H9O3S/c1-4(7)9-6-3-8-5(2)10-6/h6H,3H2,1-2H3. The lowest BCUT2D eigenvalue weighted by Crippen LogP contribution is -2.12. The van der Waals surface area contributed by atoms with Gasteiger partial charge in [-0.15, -0.1) is 0 Å². The Kier molecular flexibility index (Phi) is 2.56. The molecule has 1 aliphatic heterocycles. The molecule has 0 aromatic heterocycles. The van der Waals surface area contributed by atoms with E-state index < -0.39 is 0 Å². The topological polar surface area (TPSA) is 35.5 Å². The van der Waals surface area contributed by atoms with Crippen LogP contribution in [0.2, 0.25) is 0 Å². The fraction of sp³-hybridized carbons (Fsp3) is 0.667. The number of ether oxygens (including phenoxy) is 2. The van der Waals surface area contributed by atoms with Gasteiger partial charge in [0.25, 0.3) is 0 Å². The van der Waals surface area contributed by atoms with Gasteiger partial charge in [0, 0.05) is 6.92 Å². The molecule has 0 aromatic carbocycles. The number of thioether (sulfide) groups is 1. The SMILES string of the molecule is C[C]1OCC(OC(C)=O)S1. The summed E-state index contributed by atoms with van der Waals surface area (Å²) in [5.74, 6) is -0.254. The molecule has 0 N–H and O–H groups in total. The maximum absolute atomic E-state index is 10.4. The minimum absolute atomic E-state index is 0.127. The molecule has 0 aliphatic carbocycles. The molecule has 4 heteroatoms. The van der Waals surface area contributed by atoms with Crippen LogP contribution in [0.1, 0.15) is 13.8 Å². The molecule has 0 saturated carbocycles. The average Bonchev–Trinajstić information content (AvgIpc) is 2.13. The molecule has 1 atom stereocenters. The first-order valence-electron chi connectivity index (χ1n) is 2.98. The zero-order valence-electron chi connectivity index (χ0n) is 5.92. The second-order valence-electron chi connectivity index (χ2n) is 1.96. The van der Waals surface area contributed by atoms with Crippen molar-refractivity contribution in [2.45, 2.75) is 19.3 Å². The summed E-state index contributed by atoms with van der Waals surface area (Å²) in [5.41, 5.74) is 0.740. The quantitative estimate of drug-likeness (QED) is 0.540. The smallest absolute Gasteiger partial charge is 0.303 e. The summed E-state index contributed by atoms with van der Waals surface area (Å²) in [6, 6.07) is 0. The lowest BCUT2D eigenvalue weighted by atomic mass is 10.7. The summed E-state index contributed by atoms with van der Waals surface area (Å²) in [6.45, 7) is 3.73. The van der Waals surface area contributed by atoms with Gasteiger partial charge in [-0.25, -0.2) is 0 Å². The van der Waals surface area contributed by atoms with E-state index >= 15 is 0 Å². The Bertz CT molecular complexity index is 137. The molecule has 0 spiro atoms. The molecule has 57 valence electrons. The lowest BCUT2D eigenvalue weighted by molar-refractivity contribution is -0.143. The monoisotopic (exact) mass is 161 g/mol. The Hall–Kier alpha value is -0.220. The maximum atomic E-state index is 10.4. The number of hydrogen-bond acceptors (Lipinski definition) is 4. The summed E-state index contributed by atoms with van der Waals surface area (Å²) in [4.78, 5) is 10.4. The second-order valence-corrected chi connectivity index (χ2v) is 3.30. The Morgan fingerprint density at radius 3 is 3.00 bits per heavy atom. The first-order valence-corrected chi connectivity index (χ1v) is 3.86. The number of carbonyl (C=O) groups is 1. The van der Waals surface area contributed by atoms with Gasteiger partial charge in [0.2, 0.25) is 0 Å². The number of rotatable bonds is 1. The van der Waals surface area contributed by atoms with Crippen molar-refractivity contribution in [2.75, 3.05) is 6.61 Å². The number of carbonyl (C=O) groups excluding carboxylic acids is 1. The highest BCUT2D eigenvalue weighted by Gasteiger charge is 2.25. The fourth-order valence-electron chi connectivity index (χ4n) is 0.682. The Balaban J connectivity index is 2.24. The van der Waals surface area contributed by atoms with Crippen LogP contribution in [0, 0.1) is 5.44 Å². The van der Waals surface area contributed by atoms with Crippen LogP contribution in [-0.2, 0) is 14.3 Å². The molecule has 0 amide bonds. The van der Waals surface area contributed by atoms with Crippen molar-refractivity contribution >= 4 is 17.7 Å². The van der Waals surface area contributed by atoms with Crippen LogP contribution in [0.4, 0.5) is 0 Å². The van der Waals surface area contributed by atoms with Gasteiger partial charge in [-0.2, -0.15) is 0 Å². The minimum atomic E-state index is -0.254. The molecule has 1 rings (SSSR count). The van der Waals surface area contributed by atoms with Gasteiger partial charge in [-0.1, -0.05) is 11.8 Å². The van der Waals surface area contributed by atoms with Crippen molar-refractivity contribution in [3.63, 3.8) is 0 Å². The van der Waals surface area contributed by atoms with Crippen LogP contribution in [0.25, 0.3) is 0 Å². The molecule has 1 radical (unpaired) electrons. The lowest BCUT2D eigenvalue weighted by Gasteiger charge is -2.05. The minimum Gasteiger partial charge on any atom is -0.449 e. The largest absolute Gasteiger partial charge is 0.449 e. The third-order valence-corrected chi connectivity index (χ3v) is 1.96. The van der Waals surface area contributed by atoms with Crippen molar-refractivity contribution in [1.82, 2.24) is 0 Å². The van der Waals surface area contributed by atoms with E-state index in [2.05, 4.69) is 0 Å². The van der Waals surface area contributed by atoms with E-state index in [1.54, 1.807) is 0 Å². The van der Waals surface area contributed by atoms with Gasteiger partial charge in [0.05, 0.1) is 6.61 Å². The van der Waals surface area contributed by atoms with E-state index in [4.69, 9.17) is 9.47 Å². The van der Waals surface area contributed by atoms with Crippen LogP contribution < -0.4 is 0 Å². The molecule has 10 heavy (non-hydrogen) atoms. The van der Waals surface area contributed by atoms with Crippen LogP contribution in [0.3, 0.4) is 0 Å². The summed E-state index contributed by atoms with van der Waals surface area (Å²) in [6.07, 6.45) is 0. The van der Waals surface area contributed by atoms with Gasteiger partial charge >= 0.3 is 5.97 Å². The highest BCUT2D eigenvalue weighted by Crippen LogP contribution is 2.33. The first kappa shape index (κ1) is 7.88. The van der Waals surface area contributed by atoms with E-state index in [1.165, 1.54) is 18.7 Å². The number of hydrogen-bond donors (Lipinski definition) is 0. The maximum Gasteiger partial charge on any atom is 0.303 e. The molecular formula is C6H9O3S. The van der Waals surface area contributed by atoms with Crippen molar-refractivity contribution in [1.29, 1.82) is 0 Å². The molecule has 1 aliphatic rings. The molecule has 1 heterocycles. The first-order chi connectivity index (χ1) is 4.68. The Morgan fingerprint density at radius 2 is 2.60 bits per heavy atom. The zero-order valence-corrected chi connectivity index (χ0v) is 6.73. The van der Waals surface area contributed by atoms with E-state index in [9.17, 15) is 4.79 Å². The molecule has 0 bridgehead atoms. The second kappa shape index (κ2) is 3.25.